The number of anilines is 1. The van der Waals surface area contributed by atoms with Gasteiger partial charge in [-0.3, -0.25) is 9.59 Å². The van der Waals surface area contributed by atoms with Gasteiger partial charge in [-0.05, 0) is 35.8 Å². The number of ether oxygens (including phenoxy) is 1. The summed E-state index contributed by atoms with van der Waals surface area (Å²) in [4.78, 5) is 32.0. The Labute approximate surface area is 200 Å². The van der Waals surface area contributed by atoms with Gasteiger partial charge < -0.3 is 15.0 Å². The van der Waals surface area contributed by atoms with Crippen molar-refractivity contribution in [3.63, 3.8) is 0 Å². The molecule has 0 radical (unpaired) electrons. The molecule has 0 atom stereocenters. The van der Waals surface area contributed by atoms with Crippen LogP contribution in [0.25, 0.3) is 0 Å². The molecule has 0 bridgehead atoms. The van der Waals surface area contributed by atoms with Gasteiger partial charge in [-0.1, -0.05) is 39.8 Å². The zero-order valence-electron chi connectivity index (χ0n) is 19.5. The number of benzene rings is 1. The number of hydrogen-bond donors (Lipinski definition) is 1. The first-order valence-electron chi connectivity index (χ1n) is 11.2. The molecular formula is C24H28F3N3O3S. The number of nitrogens with one attached hydrogen (secondary N) is 1. The number of aromatic nitrogens is 1. The van der Waals surface area contributed by atoms with E-state index < -0.39 is 18.0 Å². The third-order valence-corrected chi connectivity index (χ3v) is 8.55. The van der Waals surface area contributed by atoms with Crippen LogP contribution in [0.1, 0.15) is 62.0 Å². The Bertz CT molecular complexity index is 1070. The fraction of sp³-hybridized carbons (Fsp3) is 0.542. The molecule has 0 spiro atoms. The quantitative estimate of drug-likeness (QED) is 0.579. The lowest BCUT2D eigenvalue weighted by Gasteiger charge is -2.31. The van der Waals surface area contributed by atoms with E-state index in [0.717, 1.165) is 23.9 Å². The maximum Gasteiger partial charge on any atom is 0.573 e. The molecule has 0 unspecified atom stereocenters. The molecule has 1 saturated carbocycles. The van der Waals surface area contributed by atoms with E-state index in [1.807, 2.05) is 4.90 Å². The van der Waals surface area contributed by atoms with Crippen molar-refractivity contribution in [3.05, 3.63) is 40.3 Å². The second-order valence-corrected chi connectivity index (χ2v) is 10.9. The van der Waals surface area contributed by atoms with Gasteiger partial charge in [-0.2, -0.15) is 0 Å². The monoisotopic (exact) mass is 495 g/mol. The smallest absolute Gasteiger partial charge is 0.404 e. The van der Waals surface area contributed by atoms with Crippen LogP contribution in [0.5, 0.6) is 5.75 Å². The second kappa shape index (κ2) is 8.55. The topological polar surface area (TPSA) is 71.5 Å². The van der Waals surface area contributed by atoms with Crippen LogP contribution in [0.3, 0.4) is 0 Å². The fourth-order valence-corrected chi connectivity index (χ4v) is 5.86. The van der Waals surface area contributed by atoms with Crippen molar-refractivity contribution in [2.75, 3.05) is 18.4 Å². The van der Waals surface area contributed by atoms with Crippen LogP contribution < -0.4 is 10.1 Å². The molecule has 1 saturated heterocycles. The zero-order valence-corrected chi connectivity index (χ0v) is 20.3. The van der Waals surface area contributed by atoms with E-state index in [0.29, 0.717) is 13.1 Å². The number of para-hydroxylation sites is 2. The highest BCUT2D eigenvalue weighted by Gasteiger charge is 2.68. The molecule has 2 amide bonds. The summed E-state index contributed by atoms with van der Waals surface area (Å²) in [6.45, 7) is 9.84. The van der Waals surface area contributed by atoms with Crippen LogP contribution in [0.15, 0.2) is 29.6 Å². The average Bonchev–Trinajstić information content (AvgIpc) is 3.09. The molecule has 6 nitrogen and oxygen atoms in total. The van der Waals surface area contributed by atoms with Gasteiger partial charge in [0, 0.05) is 30.3 Å². The molecule has 10 heteroatoms. The number of piperidine rings is 1. The first kappa shape index (κ1) is 24.5. The summed E-state index contributed by atoms with van der Waals surface area (Å²) in [6, 6.07) is 5.36. The largest absolute Gasteiger partial charge is 0.573 e. The molecule has 184 valence electrons. The number of nitrogens with zero attached hydrogens (tertiary/aromatic N) is 2. The van der Waals surface area contributed by atoms with Crippen LogP contribution in [-0.4, -0.2) is 41.2 Å². The lowest BCUT2D eigenvalue weighted by molar-refractivity contribution is -0.274. The summed E-state index contributed by atoms with van der Waals surface area (Å²) >= 11 is 1.35. The molecular weight excluding hydrogens is 467 g/mol. The average molecular weight is 496 g/mol. The van der Waals surface area contributed by atoms with Gasteiger partial charge in [0.1, 0.15) is 5.69 Å². The minimum absolute atomic E-state index is 0.00224. The fourth-order valence-electron chi connectivity index (χ4n) is 4.89. The third-order valence-electron chi connectivity index (χ3n) is 7.54. The highest BCUT2D eigenvalue weighted by molar-refractivity contribution is 7.10. The number of hydrogen-bond acceptors (Lipinski definition) is 5. The minimum atomic E-state index is -4.87. The van der Waals surface area contributed by atoms with Crippen molar-refractivity contribution >= 4 is 28.8 Å². The third kappa shape index (κ3) is 4.64. The highest BCUT2D eigenvalue weighted by atomic mass is 32.1. The van der Waals surface area contributed by atoms with Gasteiger partial charge in [0.15, 0.2) is 5.75 Å². The normalized spacial score (nSPS) is 20.1. The van der Waals surface area contributed by atoms with Crippen molar-refractivity contribution in [3.8, 4) is 5.75 Å². The van der Waals surface area contributed by atoms with Crippen LogP contribution in [-0.2, 0) is 4.79 Å². The van der Waals surface area contributed by atoms with Crippen LogP contribution >= 0.6 is 11.3 Å². The summed E-state index contributed by atoms with van der Waals surface area (Å²) in [5.74, 6) is -0.704. The maximum atomic E-state index is 13.0. The Morgan fingerprint density at radius 2 is 1.74 bits per heavy atom. The second-order valence-electron chi connectivity index (χ2n) is 10.0. The van der Waals surface area contributed by atoms with E-state index in [2.05, 4.69) is 42.7 Å². The van der Waals surface area contributed by atoms with E-state index in [-0.39, 0.29) is 40.0 Å². The van der Waals surface area contributed by atoms with Gasteiger partial charge >= 0.3 is 6.36 Å². The van der Waals surface area contributed by atoms with Crippen molar-refractivity contribution in [1.82, 2.24) is 9.88 Å². The Hall–Kier alpha value is -2.62. The number of likely N-dealkylation sites (tertiary alicyclic amines) is 1. The molecule has 2 aromatic rings. The van der Waals surface area contributed by atoms with E-state index in [1.165, 1.54) is 29.5 Å². The van der Waals surface area contributed by atoms with Crippen molar-refractivity contribution in [2.24, 2.45) is 16.7 Å². The Kier molecular flexibility index (Phi) is 6.16. The van der Waals surface area contributed by atoms with Gasteiger partial charge in [0.2, 0.25) is 5.91 Å². The molecule has 1 aliphatic heterocycles. The first-order valence-corrected chi connectivity index (χ1v) is 12.1. The number of amides is 2. The van der Waals surface area contributed by atoms with Crippen LogP contribution in [0, 0.1) is 16.7 Å². The Morgan fingerprint density at radius 3 is 2.32 bits per heavy atom. The summed E-state index contributed by atoms with van der Waals surface area (Å²) in [5, 5.41) is 4.85. The summed E-state index contributed by atoms with van der Waals surface area (Å²) < 4.78 is 41.8. The standard InChI is InChI=1S/C24H28F3N3O3S/c1-22(2)18(23(22,3)4)21(32)30-11-9-14(10-12-30)20-29-16(13-34-20)19(31)28-15-7-5-6-8-17(15)33-24(25,26)27/h5-8,13-14,18H,9-12H2,1-4H3,(H,28,31). The van der Waals surface area contributed by atoms with E-state index >= 15 is 0 Å². The number of carbonyl (C=O) groups excluding carboxylic acids is 2. The van der Waals surface area contributed by atoms with Gasteiger partial charge in [-0.25, -0.2) is 4.98 Å². The lowest BCUT2D eigenvalue weighted by atomic mass is 9.96. The molecule has 4 rings (SSSR count). The molecule has 2 fully saturated rings. The highest BCUT2D eigenvalue weighted by Crippen LogP contribution is 2.68. The predicted octanol–water partition coefficient (Wildman–Crippen LogP) is 5.68. The molecule has 1 aromatic carbocycles. The summed E-state index contributed by atoms with van der Waals surface area (Å²) in [7, 11) is 0. The zero-order chi connectivity index (χ0) is 24.9. The summed E-state index contributed by atoms with van der Waals surface area (Å²) in [5.41, 5.74) is 0.0590. The van der Waals surface area contributed by atoms with Crippen molar-refractivity contribution in [1.29, 1.82) is 0 Å². The van der Waals surface area contributed by atoms with Gasteiger partial charge in [0.25, 0.3) is 5.91 Å². The molecule has 34 heavy (non-hydrogen) atoms. The van der Waals surface area contributed by atoms with E-state index in [4.69, 9.17) is 0 Å². The molecule has 1 N–H and O–H groups in total. The van der Waals surface area contributed by atoms with E-state index in [9.17, 15) is 22.8 Å². The van der Waals surface area contributed by atoms with Gasteiger partial charge in [-0.15, -0.1) is 24.5 Å². The van der Waals surface area contributed by atoms with Gasteiger partial charge in [0.05, 0.1) is 10.7 Å². The van der Waals surface area contributed by atoms with Crippen molar-refractivity contribution < 1.29 is 27.5 Å². The summed E-state index contributed by atoms with van der Waals surface area (Å²) in [6.07, 6.45) is -3.35. The van der Waals surface area contributed by atoms with Crippen molar-refractivity contribution in [2.45, 2.75) is 52.8 Å². The van der Waals surface area contributed by atoms with E-state index in [1.54, 1.807) is 5.38 Å². The lowest BCUT2D eigenvalue weighted by Crippen LogP contribution is -2.39. The van der Waals surface area contributed by atoms with Crippen LogP contribution in [0.4, 0.5) is 18.9 Å². The molecule has 2 heterocycles. The molecule has 2 aliphatic rings. The predicted molar refractivity (Wildman–Crippen MR) is 123 cm³/mol. The Morgan fingerprint density at radius 1 is 1.12 bits per heavy atom. The number of carbonyl (C=O) groups is 2. The maximum absolute atomic E-state index is 13.0. The molecule has 1 aliphatic carbocycles. The number of halogens is 3. The number of alkyl halides is 3. The first-order chi connectivity index (χ1) is 15.8. The molecule has 1 aromatic heterocycles. The number of thiazole rings is 1. The van der Waals surface area contributed by atoms with Crippen LogP contribution in [0.2, 0.25) is 0 Å². The number of rotatable bonds is 5. The minimum Gasteiger partial charge on any atom is -0.404 e. The SMILES string of the molecule is CC1(C)C(C(=O)N2CCC(c3nc(C(=O)Nc4ccccc4OC(F)(F)F)cs3)CC2)C1(C)C. The Balaban J connectivity index is 1.36.